The number of ether oxygens (including phenoxy) is 2. The Morgan fingerprint density at radius 1 is 1.38 bits per heavy atom. The van der Waals surface area contributed by atoms with Crippen LogP contribution in [0.1, 0.15) is 39.5 Å². The van der Waals surface area contributed by atoms with E-state index in [0.29, 0.717) is 12.9 Å². The van der Waals surface area contributed by atoms with Gasteiger partial charge in [0.2, 0.25) is 5.78 Å². The molecule has 1 fully saturated rings. The van der Waals surface area contributed by atoms with Crippen LogP contribution >= 0.6 is 0 Å². The second kappa shape index (κ2) is 6.11. The topological polar surface area (TPSA) is 52.6 Å². The van der Waals surface area contributed by atoms with Gasteiger partial charge in [-0.2, -0.15) is 0 Å². The van der Waals surface area contributed by atoms with Gasteiger partial charge in [-0.1, -0.05) is 26.7 Å². The average molecular weight is 228 g/mol. The first kappa shape index (κ1) is 13.3. The van der Waals surface area contributed by atoms with Crippen LogP contribution in [-0.4, -0.2) is 37.0 Å². The highest BCUT2D eigenvalue weighted by atomic mass is 16.6. The van der Waals surface area contributed by atoms with Crippen molar-refractivity contribution in [3.05, 3.63) is 0 Å². The molecule has 1 heterocycles. The molecule has 4 heteroatoms. The zero-order valence-electron chi connectivity index (χ0n) is 10.0. The maximum Gasteiger partial charge on any atom is 0.226 e. The molecule has 0 bridgehead atoms. The molecule has 1 atom stereocenters. The summed E-state index contributed by atoms with van der Waals surface area (Å²) >= 11 is 0. The summed E-state index contributed by atoms with van der Waals surface area (Å²) in [6.07, 6.45) is 3.52. The van der Waals surface area contributed by atoms with Crippen molar-refractivity contribution in [3.8, 4) is 0 Å². The fourth-order valence-electron chi connectivity index (χ4n) is 2.16. The molecule has 0 aromatic rings. The number of carbonyl (C=O) groups excluding carboxylic acids is 2. The van der Waals surface area contributed by atoms with Crippen LogP contribution in [0.2, 0.25) is 0 Å². The fraction of sp³-hybridized carbons (Fsp3) is 0.833. The predicted octanol–water partition coefficient (Wildman–Crippen LogP) is 1.51. The number of ketones is 1. The van der Waals surface area contributed by atoms with Crippen LogP contribution in [0.5, 0.6) is 0 Å². The summed E-state index contributed by atoms with van der Waals surface area (Å²) in [5.41, 5.74) is -0.247. The van der Waals surface area contributed by atoms with E-state index in [4.69, 9.17) is 9.47 Å². The summed E-state index contributed by atoms with van der Waals surface area (Å²) in [4.78, 5) is 21.5. The molecule has 4 nitrogen and oxygen atoms in total. The summed E-state index contributed by atoms with van der Waals surface area (Å²) in [5.74, 6) is -0.526. The first-order valence-corrected chi connectivity index (χ1v) is 5.92. The predicted molar refractivity (Wildman–Crippen MR) is 59.3 cm³/mol. The molecule has 0 amide bonds. The molecule has 92 valence electrons. The zero-order valence-corrected chi connectivity index (χ0v) is 10.0. The molecule has 1 rings (SSSR count). The monoisotopic (exact) mass is 228 g/mol. The smallest absolute Gasteiger partial charge is 0.226 e. The first-order valence-electron chi connectivity index (χ1n) is 5.92. The second-order valence-electron chi connectivity index (χ2n) is 4.31. The Balaban J connectivity index is 2.55. The van der Waals surface area contributed by atoms with Gasteiger partial charge < -0.3 is 9.47 Å². The van der Waals surface area contributed by atoms with E-state index in [9.17, 15) is 9.59 Å². The number of Topliss-reactive ketones (excluding diaryl/α,β-unsaturated/α-hetero) is 1. The minimum Gasteiger partial charge on any atom is -0.369 e. The van der Waals surface area contributed by atoms with Crippen molar-refractivity contribution >= 4 is 12.1 Å². The normalized spacial score (nSPS) is 24.0. The highest BCUT2D eigenvalue weighted by molar-refractivity contribution is 6.27. The summed E-state index contributed by atoms with van der Waals surface area (Å²) < 4.78 is 11.2. The van der Waals surface area contributed by atoms with Gasteiger partial charge in [0.25, 0.3) is 0 Å². The highest BCUT2D eigenvalue weighted by Crippen LogP contribution is 2.29. The SMILES string of the molecule is CCCC1(CCC)COC(C(=O)C=O)CO1. The molecule has 0 aromatic heterocycles. The van der Waals surface area contributed by atoms with Crippen molar-refractivity contribution in [2.45, 2.75) is 51.2 Å². The van der Waals surface area contributed by atoms with Gasteiger partial charge in [0.05, 0.1) is 18.8 Å². The molecule has 0 aromatic carbocycles. The first-order chi connectivity index (χ1) is 7.67. The van der Waals surface area contributed by atoms with E-state index in [1.165, 1.54) is 0 Å². The van der Waals surface area contributed by atoms with Crippen LogP contribution in [0.4, 0.5) is 0 Å². The Morgan fingerprint density at radius 3 is 2.38 bits per heavy atom. The third-order valence-electron chi connectivity index (χ3n) is 2.93. The molecule has 1 aliphatic rings. The molecular formula is C12H20O4. The van der Waals surface area contributed by atoms with E-state index >= 15 is 0 Å². The Bertz CT molecular complexity index is 233. The number of carbonyl (C=O) groups is 2. The van der Waals surface area contributed by atoms with Crippen LogP contribution in [-0.2, 0) is 19.1 Å². The van der Waals surface area contributed by atoms with E-state index in [0.717, 1.165) is 25.7 Å². The third-order valence-corrected chi connectivity index (χ3v) is 2.93. The molecule has 0 N–H and O–H groups in total. The van der Waals surface area contributed by atoms with Crippen LogP contribution in [0, 0.1) is 0 Å². The van der Waals surface area contributed by atoms with E-state index in [1.54, 1.807) is 0 Å². The van der Waals surface area contributed by atoms with E-state index in [1.807, 2.05) is 0 Å². The number of hydrogen-bond donors (Lipinski definition) is 0. The third kappa shape index (κ3) is 3.12. The summed E-state index contributed by atoms with van der Waals surface area (Å²) in [6, 6.07) is 0. The van der Waals surface area contributed by atoms with Crippen LogP contribution in [0.3, 0.4) is 0 Å². The fourth-order valence-corrected chi connectivity index (χ4v) is 2.16. The van der Waals surface area contributed by atoms with E-state index in [2.05, 4.69) is 13.8 Å². The Labute approximate surface area is 96.3 Å². The van der Waals surface area contributed by atoms with Crippen LogP contribution in [0.15, 0.2) is 0 Å². The minimum atomic E-state index is -0.695. The molecule has 0 radical (unpaired) electrons. The maximum atomic E-state index is 11.1. The average Bonchev–Trinajstić information content (AvgIpc) is 2.30. The Hall–Kier alpha value is -0.740. The van der Waals surface area contributed by atoms with Gasteiger partial charge >= 0.3 is 0 Å². The lowest BCUT2D eigenvalue weighted by Gasteiger charge is -2.39. The molecular weight excluding hydrogens is 208 g/mol. The Morgan fingerprint density at radius 2 is 2.00 bits per heavy atom. The quantitative estimate of drug-likeness (QED) is 0.511. The molecule has 1 unspecified atom stereocenters. The van der Waals surface area contributed by atoms with Gasteiger partial charge in [-0.05, 0) is 12.8 Å². The zero-order chi connectivity index (χ0) is 12.0. The largest absolute Gasteiger partial charge is 0.369 e. The Kier molecular flexibility index (Phi) is 5.09. The molecule has 1 aliphatic heterocycles. The van der Waals surface area contributed by atoms with Crippen LogP contribution < -0.4 is 0 Å². The van der Waals surface area contributed by atoms with E-state index in [-0.39, 0.29) is 12.2 Å². The van der Waals surface area contributed by atoms with Crippen molar-refractivity contribution in [3.63, 3.8) is 0 Å². The number of aldehydes is 1. The standard InChI is InChI=1S/C12H20O4/c1-3-5-12(6-4-2)9-15-11(8-16-12)10(14)7-13/h7,11H,3-6,8-9H2,1-2H3. The van der Waals surface area contributed by atoms with Gasteiger partial charge in [-0.25, -0.2) is 0 Å². The lowest BCUT2D eigenvalue weighted by Crippen LogP contribution is -2.49. The molecule has 0 aliphatic carbocycles. The lowest BCUT2D eigenvalue weighted by atomic mass is 9.92. The van der Waals surface area contributed by atoms with Gasteiger partial charge in [0.15, 0.2) is 6.29 Å². The lowest BCUT2D eigenvalue weighted by molar-refractivity contribution is -0.197. The van der Waals surface area contributed by atoms with Crippen molar-refractivity contribution in [1.29, 1.82) is 0 Å². The van der Waals surface area contributed by atoms with Crippen molar-refractivity contribution in [1.82, 2.24) is 0 Å². The molecule has 1 saturated heterocycles. The van der Waals surface area contributed by atoms with Crippen molar-refractivity contribution < 1.29 is 19.1 Å². The summed E-state index contributed by atoms with van der Waals surface area (Å²) in [7, 11) is 0. The molecule has 0 saturated carbocycles. The highest BCUT2D eigenvalue weighted by Gasteiger charge is 2.37. The van der Waals surface area contributed by atoms with Crippen molar-refractivity contribution in [2.24, 2.45) is 0 Å². The number of rotatable bonds is 6. The van der Waals surface area contributed by atoms with Gasteiger partial charge in [0, 0.05) is 0 Å². The summed E-state index contributed by atoms with van der Waals surface area (Å²) in [5, 5.41) is 0. The number of hydrogen-bond acceptors (Lipinski definition) is 4. The molecule has 16 heavy (non-hydrogen) atoms. The van der Waals surface area contributed by atoms with Crippen LogP contribution in [0.25, 0.3) is 0 Å². The van der Waals surface area contributed by atoms with Gasteiger partial charge in [-0.3, -0.25) is 9.59 Å². The second-order valence-corrected chi connectivity index (χ2v) is 4.31. The van der Waals surface area contributed by atoms with Gasteiger partial charge in [-0.15, -0.1) is 0 Å². The maximum absolute atomic E-state index is 11.1. The minimum absolute atomic E-state index is 0.206. The molecule has 0 spiro atoms. The summed E-state index contributed by atoms with van der Waals surface area (Å²) in [6.45, 7) is 4.82. The van der Waals surface area contributed by atoms with Gasteiger partial charge in [0.1, 0.15) is 6.10 Å². The van der Waals surface area contributed by atoms with Crippen molar-refractivity contribution in [2.75, 3.05) is 13.2 Å². The van der Waals surface area contributed by atoms with E-state index < -0.39 is 11.9 Å².